The number of ether oxygens (including phenoxy) is 3. The minimum absolute atomic E-state index is 0.0346. The van der Waals surface area contributed by atoms with Crippen LogP contribution in [0.25, 0.3) is 0 Å². The van der Waals surface area contributed by atoms with Gasteiger partial charge in [0.05, 0.1) is 37.0 Å². The third-order valence-corrected chi connectivity index (χ3v) is 11.3. The number of carbonyl (C=O) groups is 1. The number of thiophene rings is 1. The van der Waals surface area contributed by atoms with Crippen molar-refractivity contribution in [2.75, 3.05) is 30.2 Å². The molecule has 0 aliphatic carbocycles. The van der Waals surface area contributed by atoms with E-state index in [4.69, 9.17) is 14.2 Å². The van der Waals surface area contributed by atoms with Crippen molar-refractivity contribution >= 4 is 38.5 Å². The number of para-hydroxylation sites is 1. The first-order valence-corrected chi connectivity index (χ1v) is 17.5. The number of anilines is 2. The van der Waals surface area contributed by atoms with Crippen LogP contribution in [-0.2, 0) is 27.7 Å². The molecule has 0 radical (unpaired) electrons. The van der Waals surface area contributed by atoms with Gasteiger partial charge in [0.25, 0.3) is 0 Å². The molecule has 0 bridgehead atoms. The monoisotopic (exact) mass is 678 g/mol. The molecule has 3 heterocycles. The minimum atomic E-state index is -4.07. The second-order valence-electron chi connectivity index (χ2n) is 12.4. The van der Waals surface area contributed by atoms with Crippen LogP contribution in [0.1, 0.15) is 43.0 Å². The van der Waals surface area contributed by atoms with Crippen LogP contribution in [0.5, 0.6) is 23.0 Å². The number of nitrogens with zero attached hydrogens (tertiary/aromatic N) is 1. The smallest absolute Gasteiger partial charge is 0.232 e. The first kappa shape index (κ1) is 32.4. The van der Waals surface area contributed by atoms with Crippen molar-refractivity contribution < 1.29 is 36.9 Å². The number of benzene rings is 3. The maximum atomic E-state index is 16.4. The minimum Gasteiger partial charge on any atom is -0.506 e. The Hall–Kier alpha value is -4.55. The van der Waals surface area contributed by atoms with E-state index in [1.807, 2.05) is 30.7 Å². The van der Waals surface area contributed by atoms with E-state index < -0.39 is 33.0 Å². The fraction of sp³-hybridized carbons (Fsp3) is 0.286. The number of carbonyl (C=O) groups excluding carboxylic acids is 1. The molecule has 2 aliphatic rings. The maximum absolute atomic E-state index is 16.4. The first-order chi connectivity index (χ1) is 22.4. The molecule has 2 N–H and O–H groups in total. The maximum Gasteiger partial charge on any atom is 0.232 e. The number of rotatable bonds is 8. The second kappa shape index (κ2) is 12.6. The molecule has 0 saturated carbocycles. The highest BCUT2D eigenvalue weighted by atomic mass is 32.2. The van der Waals surface area contributed by atoms with Gasteiger partial charge in [-0.3, -0.25) is 9.69 Å². The average Bonchev–Trinajstić information content (AvgIpc) is 3.48. The van der Waals surface area contributed by atoms with Crippen molar-refractivity contribution in [1.82, 2.24) is 0 Å². The van der Waals surface area contributed by atoms with Crippen molar-refractivity contribution in [3.05, 3.63) is 105 Å². The molecule has 12 heteroatoms. The number of hydrogen-bond donors (Lipinski definition) is 2. The molecule has 3 aromatic carbocycles. The van der Waals surface area contributed by atoms with Crippen molar-refractivity contribution in [2.45, 2.75) is 39.3 Å². The molecule has 0 fully saturated rings. The molecule has 1 amide bonds. The molecule has 2 aliphatic heterocycles. The number of methoxy groups -OCH3 is 2. The van der Waals surface area contributed by atoms with Crippen molar-refractivity contribution in [3.63, 3.8) is 0 Å². The zero-order valence-corrected chi connectivity index (χ0v) is 28.0. The van der Waals surface area contributed by atoms with Gasteiger partial charge in [-0.25, -0.2) is 12.8 Å². The number of halogens is 1. The fourth-order valence-corrected chi connectivity index (χ4v) is 9.30. The molecule has 246 valence electrons. The number of phenols is 1. The van der Waals surface area contributed by atoms with Crippen LogP contribution in [-0.4, -0.2) is 39.4 Å². The highest BCUT2D eigenvalue weighted by molar-refractivity contribution is 7.95. The summed E-state index contributed by atoms with van der Waals surface area (Å²) in [7, 11) is -1.09. The molecule has 9 nitrogen and oxygen atoms in total. The van der Waals surface area contributed by atoms with Gasteiger partial charge in [0.1, 0.15) is 47.2 Å². The summed E-state index contributed by atoms with van der Waals surface area (Å²) < 4.78 is 61.6. The summed E-state index contributed by atoms with van der Waals surface area (Å²) in [5, 5.41) is 18.1. The number of sulfone groups is 1. The number of fused-ring (bicyclic) bond motifs is 1. The highest BCUT2D eigenvalue weighted by Crippen LogP contribution is 2.52. The summed E-state index contributed by atoms with van der Waals surface area (Å²) in [5.74, 6) is -0.537. The normalized spacial score (nSPS) is 18.0. The lowest BCUT2D eigenvalue weighted by Gasteiger charge is -2.37. The number of allylic oxidation sites excluding steroid dienone is 1. The van der Waals surface area contributed by atoms with Crippen LogP contribution >= 0.6 is 11.3 Å². The lowest BCUT2D eigenvalue weighted by Crippen LogP contribution is -2.42. The molecule has 47 heavy (non-hydrogen) atoms. The van der Waals surface area contributed by atoms with E-state index in [2.05, 4.69) is 5.32 Å². The first-order valence-electron chi connectivity index (χ1n) is 14.9. The Labute approximate surface area is 277 Å². The van der Waals surface area contributed by atoms with Gasteiger partial charge < -0.3 is 24.6 Å². The molecular formula is C35H35FN2O7S2. The Morgan fingerprint density at radius 1 is 1.09 bits per heavy atom. The van der Waals surface area contributed by atoms with Crippen LogP contribution in [0, 0.1) is 11.2 Å². The number of aromatic hydroxyl groups is 1. The molecule has 1 aromatic heterocycles. The third kappa shape index (κ3) is 6.39. The summed E-state index contributed by atoms with van der Waals surface area (Å²) in [6, 6.07) is 14.4. The molecule has 0 saturated heterocycles. The Morgan fingerprint density at radius 3 is 2.57 bits per heavy atom. The second-order valence-corrected chi connectivity index (χ2v) is 15.1. The summed E-state index contributed by atoms with van der Waals surface area (Å²) in [4.78, 5) is 15.8. The van der Waals surface area contributed by atoms with E-state index >= 15 is 4.39 Å². The van der Waals surface area contributed by atoms with Crippen molar-refractivity contribution in [1.29, 1.82) is 0 Å². The topological polar surface area (TPSA) is 114 Å². The van der Waals surface area contributed by atoms with Crippen LogP contribution < -0.4 is 24.4 Å². The molecule has 0 spiro atoms. The summed E-state index contributed by atoms with van der Waals surface area (Å²) in [6.07, 6.45) is 0.0323. The number of nitrogens with one attached hydrogen (secondary N) is 1. The quantitative estimate of drug-likeness (QED) is 0.192. The predicted molar refractivity (Wildman–Crippen MR) is 179 cm³/mol. The molecule has 1 atom stereocenters. The van der Waals surface area contributed by atoms with Crippen LogP contribution in [0.15, 0.2) is 82.0 Å². The SMILES string of the molecule is COc1ccc(OC)c(CC(=O)N2c3cccc(O)c3NC3=C(C2c2ccc(OCc4ccsc4)cc2F)S(=O)(=O)CC(C)(C)C3)c1. The Balaban J connectivity index is 1.54. The number of amides is 1. The van der Waals surface area contributed by atoms with E-state index in [0.717, 1.165) is 5.56 Å². The summed E-state index contributed by atoms with van der Waals surface area (Å²) in [5.41, 5.74) is 1.34. The Kier molecular flexibility index (Phi) is 8.66. The van der Waals surface area contributed by atoms with E-state index in [1.165, 1.54) is 48.7 Å². The van der Waals surface area contributed by atoms with Gasteiger partial charge in [-0.2, -0.15) is 11.3 Å². The van der Waals surface area contributed by atoms with Crippen molar-refractivity contribution in [3.8, 4) is 23.0 Å². The Bertz CT molecular complexity index is 1970. The number of phenolic OH excluding ortho intramolecular Hbond substituents is 1. The van der Waals surface area contributed by atoms with Crippen LogP contribution in [0.4, 0.5) is 15.8 Å². The largest absolute Gasteiger partial charge is 0.506 e. The number of hydrogen-bond acceptors (Lipinski definition) is 9. The summed E-state index contributed by atoms with van der Waals surface area (Å²) >= 11 is 1.52. The van der Waals surface area contributed by atoms with Gasteiger partial charge in [0, 0.05) is 22.9 Å². The van der Waals surface area contributed by atoms with E-state index in [9.17, 15) is 18.3 Å². The van der Waals surface area contributed by atoms with Gasteiger partial charge in [-0.05, 0) is 76.7 Å². The van der Waals surface area contributed by atoms with Crippen LogP contribution in [0.3, 0.4) is 0 Å². The van der Waals surface area contributed by atoms with Crippen LogP contribution in [0.2, 0.25) is 0 Å². The third-order valence-electron chi connectivity index (χ3n) is 8.28. The van der Waals surface area contributed by atoms with E-state index in [0.29, 0.717) is 22.8 Å². The zero-order valence-electron chi connectivity index (χ0n) is 26.4. The van der Waals surface area contributed by atoms with E-state index in [1.54, 1.807) is 36.4 Å². The highest BCUT2D eigenvalue weighted by Gasteiger charge is 2.47. The van der Waals surface area contributed by atoms with Gasteiger partial charge in [-0.15, -0.1) is 0 Å². The van der Waals surface area contributed by atoms with Gasteiger partial charge in [0.2, 0.25) is 5.91 Å². The van der Waals surface area contributed by atoms with E-state index in [-0.39, 0.29) is 58.5 Å². The molecule has 1 unspecified atom stereocenters. The molecule has 6 rings (SSSR count). The predicted octanol–water partition coefficient (Wildman–Crippen LogP) is 6.99. The molecule has 4 aromatic rings. The van der Waals surface area contributed by atoms with Gasteiger partial charge >= 0.3 is 0 Å². The lowest BCUT2D eigenvalue weighted by molar-refractivity contribution is -0.118. The van der Waals surface area contributed by atoms with Gasteiger partial charge in [0.15, 0.2) is 9.84 Å². The average molecular weight is 679 g/mol. The molecular weight excluding hydrogens is 644 g/mol. The van der Waals surface area contributed by atoms with Gasteiger partial charge in [-0.1, -0.05) is 19.9 Å². The fourth-order valence-electron chi connectivity index (χ4n) is 6.29. The standard InChI is InChI=1S/C35H35FN2O7S2/c1-35(2)17-27-34(47(41,42)20-35)33(25-10-8-24(16-26(25)36)45-18-21-12-13-46-19-21)38(28-6-5-7-29(39)32(28)37-27)31(40)15-22-14-23(43-3)9-11-30(22)44-4/h5-14,16,19,33,37,39H,15,17-18,20H2,1-4H3. The zero-order chi connectivity index (χ0) is 33.5. The summed E-state index contributed by atoms with van der Waals surface area (Å²) in [6.45, 7) is 3.90. The lowest BCUT2D eigenvalue weighted by atomic mass is 9.88. The Morgan fingerprint density at radius 2 is 1.87 bits per heavy atom. The van der Waals surface area contributed by atoms with Crippen molar-refractivity contribution in [2.24, 2.45) is 5.41 Å².